The van der Waals surface area contributed by atoms with E-state index in [1.807, 2.05) is 60.7 Å². The quantitative estimate of drug-likeness (QED) is 0.545. The van der Waals surface area contributed by atoms with E-state index in [0.29, 0.717) is 10.0 Å². The molecule has 0 bridgehead atoms. The maximum Gasteiger partial charge on any atom is 0.273 e. The number of para-hydroxylation sites is 1. The molecule has 0 unspecified atom stereocenters. The molecule has 26 heavy (non-hydrogen) atoms. The molecule has 3 rings (SSSR count). The molecule has 0 aliphatic carbocycles. The van der Waals surface area contributed by atoms with Gasteiger partial charge in [0.05, 0.1) is 5.69 Å². The molecule has 132 valence electrons. The molecule has 2 aromatic carbocycles. The van der Waals surface area contributed by atoms with Gasteiger partial charge in [-0.3, -0.25) is 9.36 Å². The van der Waals surface area contributed by atoms with Crippen LogP contribution in [0.3, 0.4) is 0 Å². The number of pyridine rings is 1. The van der Waals surface area contributed by atoms with Crippen molar-refractivity contribution in [2.24, 2.45) is 0 Å². The van der Waals surface area contributed by atoms with Crippen LogP contribution in [0.4, 0.5) is 0 Å². The lowest BCUT2D eigenvalue weighted by Gasteiger charge is -2.18. The van der Waals surface area contributed by atoms with Crippen LogP contribution in [0.15, 0.2) is 76.4 Å². The van der Waals surface area contributed by atoms with Crippen LogP contribution in [-0.4, -0.2) is 33.0 Å². The van der Waals surface area contributed by atoms with Gasteiger partial charge < -0.3 is 10.0 Å². The van der Waals surface area contributed by atoms with Gasteiger partial charge in [0.15, 0.2) is 0 Å². The van der Waals surface area contributed by atoms with Gasteiger partial charge in [-0.25, -0.2) is 0 Å². The van der Waals surface area contributed by atoms with Crippen molar-refractivity contribution in [2.45, 2.75) is 4.90 Å². The Balaban J connectivity index is 2.27. The smallest absolute Gasteiger partial charge is 0.273 e. The average molecular weight is 383 g/mol. The zero-order valence-corrected chi connectivity index (χ0v) is 16.1. The largest absolute Gasteiger partial charge is 0.506 e. The summed E-state index contributed by atoms with van der Waals surface area (Å²) in [5.41, 5.74) is 1.90. The van der Waals surface area contributed by atoms with E-state index in [1.54, 1.807) is 29.6 Å². The van der Waals surface area contributed by atoms with Crippen LogP contribution in [-0.2, 0) is 0 Å². The van der Waals surface area contributed by atoms with E-state index in [0.717, 1.165) is 23.0 Å². The van der Waals surface area contributed by atoms with E-state index in [1.165, 1.54) is 0 Å². The molecule has 1 heterocycles. The van der Waals surface area contributed by atoms with Crippen molar-refractivity contribution in [1.29, 1.82) is 0 Å². The van der Waals surface area contributed by atoms with Crippen LogP contribution in [0.1, 0.15) is 0 Å². The van der Waals surface area contributed by atoms with E-state index in [4.69, 9.17) is 12.2 Å². The Labute approximate surface area is 161 Å². The van der Waals surface area contributed by atoms with Crippen molar-refractivity contribution in [3.05, 3.63) is 77.1 Å². The number of thioether (sulfide) groups is 1. The maximum absolute atomic E-state index is 13.2. The lowest BCUT2D eigenvalue weighted by Crippen LogP contribution is -2.24. The molecule has 1 aromatic heterocycles. The molecule has 6 heteroatoms. The Hall–Kier alpha value is -2.57. The zero-order chi connectivity index (χ0) is 18.7. The summed E-state index contributed by atoms with van der Waals surface area (Å²) in [7, 11) is 3.61. The number of hydrogen-bond donors (Lipinski definition) is 1. The third-order valence-electron chi connectivity index (χ3n) is 3.78. The fourth-order valence-corrected chi connectivity index (χ4v) is 3.46. The summed E-state index contributed by atoms with van der Waals surface area (Å²) < 4.78 is 2.11. The van der Waals surface area contributed by atoms with Crippen LogP contribution in [0.25, 0.3) is 16.9 Å². The second kappa shape index (κ2) is 7.76. The number of aromatic hydroxyl groups is 1. The predicted molar refractivity (Wildman–Crippen MR) is 111 cm³/mol. The van der Waals surface area contributed by atoms with Crippen molar-refractivity contribution >= 4 is 28.3 Å². The number of nitrogens with zero attached hydrogens (tertiary/aromatic N) is 2. The first kappa shape index (κ1) is 18.2. The van der Waals surface area contributed by atoms with Crippen molar-refractivity contribution < 1.29 is 5.11 Å². The summed E-state index contributed by atoms with van der Waals surface area (Å²) in [5, 5.41) is 10.5. The molecule has 0 radical (unpaired) electrons. The normalized spacial score (nSPS) is 10.5. The summed E-state index contributed by atoms with van der Waals surface area (Å²) in [4.78, 5) is 15.2. The molecule has 0 amide bonds. The molecule has 0 atom stereocenters. The third-order valence-corrected chi connectivity index (χ3v) is 5.53. The average Bonchev–Trinajstić information content (AvgIpc) is 2.65. The highest BCUT2D eigenvalue weighted by Gasteiger charge is 2.19. The predicted octanol–water partition coefficient (Wildman–Crippen LogP) is 4.15. The lowest BCUT2D eigenvalue weighted by molar-refractivity contribution is 0.459. The van der Waals surface area contributed by atoms with Gasteiger partial charge in [0.25, 0.3) is 5.56 Å². The van der Waals surface area contributed by atoms with E-state index in [9.17, 15) is 9.90 Å². The van der Waals surface area contributed by atoms with Crippen molar-refractivity contribution in [1.82, 2.24) is 9.47 Å². The molecule has 0 saturated carbocycles. The topological polar surface area (TPSA) is 45.5 Å². The van der Waals surface area contributed by atoms with E-state index in [-0.39, 0.29) is 16.2 Å². The van der Waals surface area contributed by atoms with Crippen molar-refractivity contribution in [3.63, 3.8) is 0 Å². The molecular weight excluding hydrogens is 364 g/mol. The highest BCUT2D eigenvalue weighted by atomic mass is 32.2. The van der Waals surface area contributed by atoms with E-state index in [2.05, 4.69) is 0 Å². The van der Waals surface area contributed by atoms with Crippen molar-refractivity contribution in [2.75, 3.05) is 14.1 Å². The molecule has 0 fully saturated rings. The van der Waals surface area contributed by atoms with Crippen molar-refractivity contribution in [3.8, 4) is 22.7 Å². The Bertz CT molecular complexity index is 984. The van der Waals surface area contributed by atoms with Crippen LogP contribution >= 0.6 is 24.0 Å². The summed E-state index contributed by atoms with van der Waals surface area (Å²) in [5.74, 6) is -0.0739. The van der Waals surface area contributed by atoms with Gasteiger partial charge in [-0.15, -0.1) is 0 Å². The molecule has 0 aliphatic heterocycles. The number of rotatable bonds is 3. The standard InChI is InChI=1S/C20H18N2O2S2/c1-21(2)20(25)26-18-17(23)13-16(14-9-5-3-6-10-14)22(19(18)24)15-11-7-4-8-12-15/h3-13,23H,1-2H3. The first-order valence-corrected chi connectivity index (χ1v) is 9.20. The number of hydrogen-bond acceptors (Lipinski definition) is 4. The minimum Gasteiger partial charge on any atom is -0.506 e. The lowest BCUT2D eigenvalue weighted by atomic mass is 10.1. The van der Waals surface area contributed by atoms with Gasteiger partial charge in [0.1, 0.15) is 15.0 Å². The van der Waals surface area contributed by atoms with Gasteiger partial charge in [-0.1, -0.05) is 72.5 Å². The third kappa shape index (κ3) is 3.66. The Kier molecular flexibility index (Phi) is 5.44. The van der Waals surface area contributed by atoms with Crippen LogP contribution in [0.5, 0.6) is 5.75 Å². The SMILES string of the molecule is CN(C)C(=S)Sc1c(O)cc(-c2ccccc2)n(-c2ccccc2)c1=O. The van der Waals surface area contributed by atoms with Gasteiger partial charge >= 0.3 is 0 Å². The van der Waals surface area contributed by atoms with Gasteiger partial charge in [-0.05, 0) is 17.7 Å². The molecule has 3 aromatic rings. The monoisotopic (exact) mass is 382 g/mol. The second-order valence-electron chi connectivity index (χ2n) is 5.85. The van der Waals surface area contributed by atoms with Gasteiger partial charge in [-0.2, -0.15) is 0 Å². The summed E-state index contributed by atoms with van der Waals surface area (Å²) in [6.45, 7) is 0. The van der Waals surface area contributed by atoms with Gasteiger partial charge in [0.2, 0.25) is 0 Å². The van der Waals surface area contributed by atoms with Gasteiger partial charge in [0, 0.05) is 25.8 Å². The second-order valence-corrected chi connectivity index (χ2v) is 7.49. The zero-order valence-electron chi connectivity index (χ0n) is 14.4. The molecule has 1 N–H and O–H groups in total. The minimum absolute atomic E-state index is 0.0739. The highest BCUT2D eigenvalue weighted by Crippen LogP contribution is 2.32. The Morgan fingerprint density at radius 3 is 2.19 bits per heavy atom. The highest BCUT2D eigenvalue weighted by molar-refractivity contribution is 8.23. The molecule has 0 spiro atoms. The number of thiocarbonyl (C=S) groups is 1. The van der Waals surface area contributed by atoms with Crippen LogP contribution < -0.4 is 5.56 Å². The molecule has 0 saturated heterocycles. The summed E-state index contributed by atoms with van der Waals surface area (Å²) in [6.07, 6.45) is 0. The summed E-state index contributed by atoms with van der Waals surface area (Å²) >= 11 is 6.39. The number of benzene rings is 2. The fraction of sp³-hybridized carbons (Fsp3) is 0.100. The Morgan fingerprint density at radius 1 is 1.04 bits per heavy atom. The first-order chi connectivity index (χ1) is 12.5. The Morgan fingerprint density at radius 2 is 1.62 bits per heavy atom. The minimum atomic E-state index is -0.302. The van der Waals surface area contributed by atoms with Crippen LogP contribution in [0.2, 0.25) is 0 Å². The first-order valence-electron chi connectivity index (χ1n) is 7.98. The fourth-order valence-electron chi connectivity index (χ4n) is 2.51. The molecular formula is C20H18N2O2S2. The maximum atomic E-state index is 13.2. The molecule has 4 nitrogen and oxygen atoms in total. The van der Waals surface area contributed by atoms with E-state index < -0.39 is 0 Å². The van der Waals surface area contributed by atoms with E-state index >= 15 is 0 Å². The summed E-state index contributed by atoms with van der Waals surface area (Å²) in [6, 6.07) is 20.5. The molecule has 0 aliphatic rings. The van der Waals surface area contributed by atoms with Crippen LogP contribution in [0, 0.1) is 0 Å². The number of aromatic nitrogens is 1.